The molecule has 3 aromatic heterocycles. The van der Waals surface area contributed by atoms with Gasteiger partial charge in [0.1, 0.15) is 4.21 Å². The zero-order chi connectivity index (χ0) is 15.9. The molecule has 0 amide bonds. The Hall–Kier alpha value is -0.230. The van der Waals surface area contributed by atoms with Crippen molar-refractivity contribution < 1.29 is 8.42 Å². The highest BCUT2D eigenvalue weighted by atomic mass is 79.9. The third kappa shape index (κ3) is 3.05. The molecule has 3 aromatic rings. The minimum absolute atomic E-state index is 0.111. The van der Waals surface area contributed by atoms with Crippen LogP contribution in [0.4, 0.5) is 5.13 Å². The van der Waals surface area contributed by atoms with Crippen molar-refractivity contribution in [3.8, 4) is 10.7 Å². The van der Waals surface area contributed by atoms with Gasteiger partial charge in [-0.25, -0.2) is 0 Å². The van der Waals surface area contributed by atoms with E-state index in [1.54, 1.807) is 6.07 Å². The van der Waals surface area contributed by atoms with Gasteiger partial charge >= 0.3 is 0 Å². The van der Waals surface area contributed by atoms with Gasteiger partial charge in [-0.05, 0) is 23.6 Å². The Morgan fingerprint density at radius 3 is 2.59 bits per heavy atom. The first-order chi connectivity index (χ1) is 10.4. The normalized spacial score (nSPS) is 11.8. The third-order valence-electron chi connectivity index (χ3n) is 2.40. The molecule has 0 aromatic carbocycles. The Morgan fingerprint density at radius 1 is 1.23 bits per heavy atom. The summed E-state index contributed by atoms with van der Waals surface area (Å²) in [4.78, 5) is 4.91. The van der Waals surface area contributed by atoms with Gasteiger partial charge < -0.3 is 0 Å². The highest BCUT2D eigenvalue weighted by molar-refractivity contribution is 9.11. The van der Waals surface area contributed by atoms with Gasteiger partial charge in [-0.2, -0.15) is 21.1 Å². The number of hydrogen-bond donors (Lipinski definition) is 0. The second-order valence-electron chi connectivity index (χ2n) is 3.78. The summed E-state index contributed by atoms with van der Waals surface area (Å²) in [7, 11) is -3.77. The number of hydrogen-bond acceptors (Lipinski definition) is 7. The molecule has 0 fully saturated rings. The average Bonchev–Trinajstić information content (AvgIpc) is 3.17. The first-order valence-corrected chi connectivity index (χ1v) is 10.8. The van der Waals surface area contributed by atoms with E-state index in [0.29, 0.717) is 20.1 Å². The number of nitrogens with zero attached hydrogens (tertiary/aromatic N) is 3. The van der Waals surface area contributed by atoms with Gasteiger partial charge in [0.05, 0.1) is 30.4 Å². The fourth-order valence-electron chi connectivity index (χ4n) is 1.45. The Morgan fingerprint density at radius 2 is 2.00 bits per heavy atom. The summed E-state index contributed by atoms with van der Waals surface area (Å²) in [6.07, 6.45) is 0. The lowest BCUT2D eigenvalue weighted by Crippen LogP contribution is -2.19. The molecular weight excluding hydrogens is 473 g/mol. The monoisotopic (exact) mass is 475 g/mol. The highest BCUT2D eigenvalue weighted by Gasteiger charge is 2.28. The van der Waals surface area contributed by atoms with Crippen LogP contribution in [-0.2, 0) is 10.0 Å². The van der Waals surface area contributed by atoms with Crippen molar-refractivity contribution in [3.63, 3.8) is 0 Å². The van der Waals surface area contributed by atoms with Crippen LogP contribution in [0.25, 0.3) is 10.7 Å². The van der Waals surface area contributed by atoms with Crippen molar-refractivity contribution >= 4 is 88.7 Å². The number of rotatable bonds is 4. The largest absolute Gasteiger partial charge is 0.285 e. The standard InChI is InChI=1S/C10H4BrCl2N3O2S4/c11-16(22(17,18)7-2-1-6(13)20-7)10-14-9(15-21-10)8-5(12)3-4-19-8/h1-4H. The van der Waals surface area contributed by atoms with Gasteiger partial charge in [-0.1, -0.05) is 23.2 Å². The molecule has 3 heterocycles. The van der Waals surface area contributed by atoms with Gasteiger partial charge in [0, 0.05) is 11.5 Å². The van der Waals surface area contributed by atoms with Gasteiger partial charge in [0.25, 0.3) is 10.0 Å². The second kappa shape index (κ2) is 6.34. The van der Waals surface area contributed by atoms with E-state index in [0.717, 1.165) is 26.2 Å². The molecule has 0 spiro atoms. The van der Waals surface area contributed by atoms with Crippen LogP contribution in [0.2, 0.25) is 9.36 Å². The maximum Gasteiger partial charge on any atom is 0.285 e. The summed E-state index contributed by atoms with van der Waals surface area (Å²) in [5.74, 6) is 0.392. The van der Waals surface area contributed by atoms with Gasteiger partial charge in [0.15, 0.2) is 5.82 Å². The summed E-state index contributed by atoms with van der Waals surface area (Å²) in [6.45, 7) is 0. The smallest absolute Gasteiger partial charge is 0.199 e. The summed E-state index contributed by atoms with van der Waals surface area (Å²) >= 11 is 18.2. The van der Waals surface area contributed by atoms with Crippen LogP contribution in [-0.4, -0.2) is 17.8 Å². The van der Waals surface area contributed by atoms with Crippen LogP contribution in [0, 0.1) is 0 Å². The molecule has 0 radical (unpaired) electrons. The molecule has 0 aliphatic heterocycles. The van der Waals surface area contributed by atoms with Crippen molar-refractivity contribution in [3.05, 3.63) is 32.9 Å². The molecule has 0 aliphatic carbocycles. The Labute approximate surface area is 156 Å². The highest BCUT2D eigenvalue weighted by Crippen LogP contribution is 2.37. The Kier molecular flexibility index (Phi) is 4.79. The van der Waals surface area contributed by atoms with Gasteiger partial charge in [-0.3, -0.25) is 0 Å². The van der Waals surface area contributed by atoms with E-state index in [1.807, 2.05) is 5.38 Å². The van der Waals surface area contributed by atoms with Crippen molar-refractivity contribution in [2.75, 3.05) is 3.33 Å². The van der Waals surface area contributed by atoms with Gasteiger partial charge in [0.2, 0.25) is 5.13 Å². The lowest BCUT2D eigenvalue weighted by Gasteiger charge is -2.10. The fourth-order valence-corrected chi connectivity index (χ4v) is 6.97. The molecule has 116 valence electrons. The molecule has 0 atom stereocenters. The predicted molar refractivity (Wildman–Crippen MR) is 96.2 cm³/mol. The predicted octanol–water partition coefficient (Wildman–Crippen LogP) is 5.14. The molecule has 0 aliphatic rings. The zero-order valence-corrected chi connectivity index (χ0v) is 16.6. The maximum atomic E-state index is 12.5. The van der Waals surface area contributed by atoms with E-state index < -0.39 is 10.0 Å². The van der Waals surface area contributed by atoms with Crippen LogP contribution in [0.1, 0.15) is 0 Å². The fraction of sp³-hybridized carbons (Fsp3) is 0. The lowest BCUT2D eigenvalue weighted by molar-refractivity contribution is 0.600. The summed E-state index contributed by atoms with van der Waals surface area (Å²) < 4.78 is 30.5. The first kappa shape index (κ1) is 16.6. The van der Waals surface area contributed by atoms with Crippen LogP contribution in [0.3, 0.4) is 0 Å². The molecule has 5 nitrogen and oxygen atoms in total. The van der Waals surface area contributed by atoms with Crippen LogP contribution in [0.15, 0.2) is 27.8 Å². The molecule has 3 rings (SSSR count). The molecule has 0 unspecified atom stereocenters. The lowest BCUT2D eigenvalue weighted by atomic mass is 10.4. The van der Waals surface area contributed by atoms with Crippen molar-refractivity contribution in [2.24, 2.45) is 0 Å². The topological polar surface area (TPSA) is 63.2 Å². The molecule has 12 heteroatoms. The van der Waals surface area contributed by atoms with Crippen LogP contribution < -0.4 is 3.33 Å². The van der Waals surface area contributed by atoms with E-state index in [2.05, 4.69) is 25.5 Å². The van der Waals surface area contributed by atoms with Crippen LogP contribution in [0.5, 0.6) is 0 Å². The molecule has 0 saturated carbocycles. The minimum Gasteiger partial charge on any atom is -0.199 e. The van der Waals surface area contributed by atoms with E-state index >= 15 is 0 Å². The van der Waals surface area contributed by atoms with Crippen molar-refractivity contribution in [2.45, 2.75) is 4.21 Å². The number of aromatic nitrogens is 2. The average molecular weight is 477 g/mol. The number of sulfonamides is 1. The maximum absolute atomic E-state index is 12.5. The van der Waals surface area contributed by atoms with E-state index in [-0.39, 0.29) is 9.34 Å². The molecule has 0 bridgehead atoms. The van der Waals surface area contributed by atoms with Crippen LogP contribution >= 0.6 is 73.6 Å². The van der Waals surface area contributed by atoms with Crippen molar-refractivity contribution in [1.29, 1.82) is 0 Å². The van der Waals surface area contributed by atoms with E-state index in [9.17, 15) is 8.42 Å². The Bertz CT molecular complexity index is 920. The zero-order valence-electron chi connectivity index (χ0n) is 10.2. The summed E-state index contributed by atoms with van der Waals surface area (Å²) in [5.41, 5.74) is 0. The summed E-state index contributed by atoms with van der Waals surface area (Å²) in [5, 5.41) is 2.53. The second-order valence-corrected chi connectivity index (χ2v) is 10.7. The Balaban J connectivity index is 1.95. The number of halogens is 3. The quantitative estimate of drug-likeness (QED) is 0.489. The number of anilines is 1. The van der Waals surface area contributed by atoms with Crippen molar-refractivity contribution in [1.82, 2.24) is 9.36 Å². The molecule has 0 saturated heterocycles. The minimum atomic E-state index is -3.77. The molecule has 0 N–H and O–H groups in total. The molecular formula is C10H4BrCl2N3O2S4. The van der Waals surface area contributed by atoms with E-state index in [4.69, 9.17) is 23.2 Å². The summed E-state index contributed by atoms with van der Waals surface area (Å²) in [6, 6.07) is 4.70. The van der Waals surface area contributed by atoms with Gasteiger partial charge in [-0.15, -0.1) is 22.7 Å². The number of thiophene rings is 2. The third-order valence-corrected chi connectivity index (χ3v) is 9.42. The SMILES string of the molecule is O=S(=O)(c1ccc(Cl)s1)N(Br)c1nc(-c2sccc2Cl)ns1. The molecule has 22 heavy (non-hydrogen) atoms. The van der Waals surface area contributed by atoms with E-state index in [1.165, 1.54) is 23.5 Å². The first-order valence-electron chi connectivity index (χ1n) is 5.43.